The van der Waals surface area contributed by atoms with Gasteiger partial charge in [0.15, 0.2) is 0 Å². The molecular formula is C17H26BrN3. The summed E-state index contributed by atoms with van der Waals surface area (Å²) in [6, 6.07) is 6.96. The number of hydrogen-bond acceptors (Lipinski definition) is 3. The molecule has 0 radical (unpaired) electrons. The fraction of sp³-hybridized carbons (Fsp3) is 0.647. The second-order valence-corrected chi connectivity index (χ2v) is 7.10. The Kier molecular flexibility index (Phi) is 5.69. The molecule has 2 fully saturated rings. The van der Waals surface area contributed by atoms with Gasteiger partial charge in [-0.25, -0.2) is 0 Å². The number of hydrogen-bond donors (Lipinski definition) is 1. The van der Waals surface area contributed by atoms with Gasteiger partial charge in [-0.3, -0.25) is 4.90 Å². The molecule has 0 aromatic heterocycles. The number of nitrogens with zero attached hydrogens (tertiary/aromatic N) is 2. The van der Waals surface area contributed by atoms with Crippen LogP contribution < -0.4 is 5.32 Å². The van der Waals surface area contributed by atoms with Crippen LogP contribution in [0.4, 0.5) is 0 Å². The minimum Gasteiger partial charge on any atom is -0.314 e. The van der Waals surface area contributed by atoms with Crippen LogP contribution in [0.3, 0.4) is 0 Å². The van der Waals surface area contributed by atoms with Crippen LogP contribution in [-0.4, -0.2) is 55.6 Å². The molecule has 116 valence electrons. The zero-order valence-electron chi connectivity index (χ0n) is 12.8. The maximum Gasteiger partial charge on any atom is 0.0244 e. The minimum atomic E-state index is 1.10. The van der Waals surface area contributed by atoms with E-state index in [1.807, 2.05) is 0 Å². The molecule has 0 bridgehead atoms. The van der Waals surface area contributed by atoms with Crippen molar-refractivity contribution in [3.8, 4) is 0 Å². The third-order valence-electron chi connectivity index (χ3n) is 4.64. The van der Waals surface area contributed by atoms with Crippen molar-refractivity contribution in [3.63, 3.8) is 0 Å². The maximum absolute atomic E-state index is 3.77. The molecule has 21 heavy (non-hydrogen) atoms. The van der Waals surface area contributed by atoms with Crippen LogP contribution in [0.25, 0.3) is 0 Å². The Labute approximate surface area is 136 Å². The van der Waals surface area contributed by atoms with Gasteiger partial charge in [0.1, 0.15) is 0 Å². The van der Waals surface area contributed by atoms with E-state index in [0.717, 1.165) is 26.1 Å². The molecule has 3 rings (SSSR count). The van der Waals surface area contributed by atoms with Crippen LogP contribution in [0.15, 0.2) is 22.7 Å². The first-order valence-electron chi connectivity index (χ1n) is 8.24. The van der Waals surface area contributed by atoms with E-state index in [1.54, 1.807) is 0 Å². The largest absolute Gasteiger partial charge is 0.314 e. The number of likely N-dealkylation sites (tertiary alicyclic amines) is 1. The van der Waals surface area contributed by atoms with Crippen LogP contribution in [0.1, 0.15) is 24.0 Å². The molecule has 0 saturated carbocycles. The highest BCUT2D eigenvalue weighted by Gasteiger charge is 2.14. The molecule has 0 aliphatic carbocycles. The number of benzene rings is 1. The molecule has 0 atom stereocenters. The van der Waals surface area contributed by atoms with Crippen LogP contribution in [0.5, 0.6) is 0 Å². The monoisotopic (exact) mass is 351 g/mol. The molecule has 1 N–H and O–H groups in total. The predicted octanol–water partition coefficient (Wildman–Crippen LogP) is 2.49. The van der Waals surface area contributed by atoms with Crippen LogP contribution in [-0.2, 0) is 13.0 Å². The summed E-state index contributed by atoms with van der Waals surface area (Å²) >= 11 is 3.77. The lowest BCUT2D eigenvalue weighted by Crippen LogP contribution is -2.44. The van der Waals surface area contributed by atoms with E-state index in [4.69, 9.17) is 0 Å². The number of piperazine rings is 1. The van der Waals surface area contributed by atoms with E-state index in [1.165, 1.54) is 61.2 Å². The summed E-state index contributed by atoms with van der Waals surface area (Å²) < 4.78 is 1.28. The summed E-state index contributed by atoms with van der Waals surface area (Å²) in [5.41, 5.74) is 2.88. The Morgan fingerprint density at radius 1 is 1.00 bits per heavy atom. The van der Waals surface area contributed by atoms with Crippen LogP contribution in [0, 0.1) is 0 Å². The Morgan fingerprint density at radius 3 is 2.48 bits per heavy atom. The molecule has 2 heterocycles. The summed E-state index contributed by atoms with van der Waals surface area (Å²) in [5, 5.41) is 3.41. The Balaban J connectivity index is 1.53. The smallest absolute Gasteiger partial charge is 0.0244 e. The van der Waals surface area contributed by atoms with Crippen LogP contribution >= 0.6 is 15.9 Å². The Hall–Kier alpha value is -0.420. The molecule has 1 aromatic rings. The van der Waals surface area contributed by atoms with Gasteiger partial charge in [-0.15, -0.1) is 0 Å². The zero-order valence-corrected chi connectivity index (χ0v) is 14.4. The SMILES string of the molecule is Brc1cc(CCN2CCNCC2)ccc1CN1CCCC1. The fourth-order valence-electron chi connectivity index (χ4n) is 3.28. The highest BCUT2D eigenvalue weighted by molar-refractivity contribution is 9.10. The molecule has 2 aliphatic heterocycles. The molecule has 1 aromatic carbocycles. The topological polar surface area (TPSA) is 18.5 Å². The van der Waals surface area contributed by atoms with E-state index in [2.05, 4.69) is 49.2 Å². The van der Waals surface area contributed by atoms with Crippen molar-refractivity contribution < 1.29 is 0 Å². The number of rotatable bonds is 5. The van der Waals surface area contributed by atoms with E-state index < -0.39 is 0 Å². The van der Waals surface area contributed by atoms with Gasteiger partial charge in [-0.2, -0.15) is 0 Å². The van der Waals surface area contributed by atoms with Gasteiger partial charge in [0.05, 0.1) is 0 Å². The average Bonchev–Trinajstić information content (AvgIpc) is 3.02. The van der Waals surface area contributed by atoms with Crippen molar-refractivity contribution in [1.82, 2.24) is 15.1 Å². The van der Waals surface area contributed by atoms with Crippen molar-refractivity contribution in [2.24, 2.45) is 0 Å². The van der Waals surface area contributed by atoms with E-state index in [9.17, 15) is 0 Å². The van der Waals surface area contributed by atoms with Gasteiger partial charge < -0.3 is 10.2 Å². The number of halogens is 1. The first-order valence-corrected chi connectivity index (χ1v) is 9.03. The van der Waals surface area contributed by atoms with Crippen molar-refractivity contribution >= 4 is 15.9 Å². The second kappa shape index (κ2) is 7.73. The summed E-state index contributed by atoms with van der Waals surface area (Å²) in [4.78, 5) is 5.11. The first-order chi connectivity index (χ1) is 10.3. The Bertz CT molecular complexity index is 451. The average molecular weight is 352 g/mol. The highest BCUT2D eigenvalue weighted by Crippen LogP contribution is 2.22. The predicted molar refractivity (Wildman–Crippen MR) is 91.7 cm³/mol. The lowest BCUT2D eigenvalue weighted by atomic mass is 10.1. The summed E-state index contributed by atoms with van der Waals surface area (Å²) in [6.45, 7) is 9.45. The maximum atomic E-state index is 3.77. The molecule has 4 heteroatoms. The molecule has 2 saturated heterocycles. The third kappa shape index (κ3) is 4.52. The van der Waals surface area contributed by atoms with Gasteiger partial charge in [0.25, 0.3) is 0 Å². The fourth-order valence-corrected chi connectivity index (χ4v) is 3.83. The Morgan fingerprint density at radius 2 is 1.76 bits per heavy atom. The molecule has 2 aliphatic rings. The van der Waals surface area contributed by atoms with E-state index in [0.29, 0.717) is 0 Å². The van der Waals surface area contributed by atoms with Crippen molar-refractivity contribution in [2.45, 2.75) is 25.8 Å². The summed E-state index contributed by atoms with van der Waals surface area (Å²) in [5.74, 6) is 0. The van der Waals surface area contributed by atoms with Crippen molar-refractivity contribution in [2.75, 3.05) is 45.8 Å². The van der Waals surface area contributed by atoms with Gasteiger partial charge >= 0.3 is 0 Å². The molecular weight excluding hydrogens is 326 g/mol. The second-order valence-electron chi connectivity index (χ2n) is 6.25. The van der Waals surface area contributed by atoms with Gasteiger partial charge in [-0.1, -0.05) is 28.1 Å². The summed E-state index contributed by atoms with van der Waals surface area (Å²) in [7, 11) is 0. The molecule has 0 unspecified atom stereocenters. The minimum absolute atomic E-state index is 1.10. The quantitative estimate of drug-likeness (QED) is 0.879. The molecule has 0 amide bonds. The molecule has 0 spiro atoms. The number of nitrogens with one attached hydrogen (secondary N) is 1. The lowest BCUT2D eigenvalue weighted by Gasteiger charge is -2.27. The molecule has 3 nitrogen and oxygen atoms in total. The van der Waals surface area contributed by atoms with Gasteiger partial charge in [0.2, 0.25) is 0 Å². The summed E-state index contributed by atoms with van der Waals surface area (Å²) in [6.07, 6.45) is 3.88. The first kappa shape index (κ1) is 15.5. The third-order valence-corrected chi connectivity index (χ3v) is 5.37. The van der Waals surface area contributed by atoms with E-state index >= 15 is 0 Å². The standard InChI is InChI=1S/C17H26BrN3/c18-17-13-15(5-10-20-11-6-19-7-12-20)3-4-16(17)14-21-8-1-2-9-21/h3-4,13,19H,1-2,5-12,14H2. The van der Waals surface area contributed by atoms with Crippen LogP contribution in [0.2, 0.25) is 0 Å². The van der Waals surface area contributed by atoms with Crippen molar-refractivity contribution in [3.05, 3.63) is 33.8 Å². The van der Waals surface area contributed by atoms with E-state index in [-0.39, 0.29) is 0 Å². The lowest BCUT2D eigenvalue weighted by molar-refractivity contribution is 0.244. The van der Waals surface area contributed by atoms with Gasteiger partial charge in [-0.05, 0) is 49.5 Å². The highest BCUT2D eigenvalue weighted by atomic mass is 79.9. The van der Waals surface area contributed by atoms with Crippen molar-refractivity contribution in [1.29, 1.82) is 0 Å². The van der Waals surface area contributed by atoms with Gasteiger partial charge in [0, 0.05) is 43.7 Å². The normalized spacial score (nSPS) is 21.0. The zero-order chi connectivity index (χ0) is 14.5.